The lowest BCUT2D eigenvalue weighted by Gasteiger charge is -2.23. The molecule has 0 saturated carbocycles. The summed E-state index contributed by atoms with van der Waals surface area (Å²) < 4.78 is 5.53. The quantitative estimate of drug-likeness (QED) is 0.616. The highest BCUT2D eigenvalue weighted by molar-refractivity contribution is 5.36. The van der Waals surface area contributed by atoms with Crippen LogP contribution < -0.4 is 0 Å². The fourth-order valence-electron chi connectivity index (χ4n) is 1.97. The summed E-state index contributed by atoms with van der Waals surface area (Å²) in [6, 6.07) is 8.55. The molecule has 1 unspecified atom stereocenters. The van der Waals surface area contributed by atoms with Gasteiger partial charge in [0.05, 0.1) is 5.60 Å². The van der Waals surface area contributed by atoms with E-state index in [1.54, 1.807) is 7.11 Å². The Morgan fingerprint density at radius 3 is 2.83 bits per heavy atom. The van der Waals surface area contributed by atoms with Crippen molar-refractivity contribution in [2.75, 3.05) is 7.11 Å². The topological polar surface area (TPSA) is 9.23 Å². The maximum Gasteiger partial charge on any atom is 0.0905 e. The van der Waals surface area contributed by atoms with E-state index in [9.17, 15) is 0 Å². The highest BCUT2D eigenvalue weighted by Gasteiger charge is 2.33. The normalized spacial score (nSPS) is 27.2. The van der Waals surface area contributed by atoms with E-state index < -0.39 is 0 Å². The van der Waals surface area contributed by atoms with Crippen LogP contribution in [0.2, 0.25) is 0 Å². The second-order valence-corrected chi connectivity index (χ2v) is 3.59. The van der Waals surface area contributed by atoms with Crippen LogP contribution in [0.5, 0.6) is 0 Å². The van der Waals surface area contributed by atoms with Gasteiger partial charge in [0.2, 0.25) is 0 Å². The van der Waals surface area contributed by atoms with Crippen molar-refractivity contribution >= 4 is 0 Å². The first-order valence-corrected chi connectivity index (χ1v) is 4.40. The molecule has 0 N–H and O–H groups in total. The first kappa shape index (κ1) is 7.81. The van der Waals surface area contributed by atoms with Gasteiger partial charge in [-0.3, -0.25) is 0 Å². The van der Waals surface area contributed by atoms with Crippen LogP contribution in [0.15, 0.2) is 24.3 Å². The minimum Gasteiger partial charge on any atom is -0.374 e. The van der Waals surface area contributed by atoms with E-state index in [-0.39, 0.29) is 5.60 Å². The monoisotopic (exact) mass is 162 g/mol. The van der Waals surface area contributed by atoms with Gasteiger partial charge < -0.3 is 4.74 Å². The van der Waals surface area contributed by atoms with Crippen LogP contribution in [0, 0.1) is 0 Å². The lowest BCUT2D eigenvalue weighted by molar-refractivity contribution is 0.00382. The molecule has 1 aliphatic rings. The third-order valence-corrected chi connectivity index (χ3v) is 2.91. The molecule has 0 fully saturated rings. The summed E-state index contributed by atoms with van der Waals surface area (Å²) in [7, 11) is 1.79. The average Bonchev–Trinajstić information content (AvgIpc) is 2.46. The zero-order valence-corrected chi connectivity index (χ0v) is 7.63. The van der Waals surface area contributed by atoms with Gasteiger partial charge in [0.25, 0.3) is 0 Å². The second-order valence-electron chi connectivity index (χ2n) is 3.59. The Morgan fingerprint density at radius 1 is 1.33 bits per heavy atom. The van der Waals surface area contributed by atoms with Crippen molar-refractivity contribution in [2.45, 2.75) is 25.4 Å². The Hall–Kier alpha value is -0.820. The molecular weight excluding hydrogens is 148 g/mol. The zero-order chi connectivity index (χ0) is 8.60. The second kappa shape index (κ2) is 2.60. The molecule has 0 spiro atoms. The first-order chi connectivity index (χ1) is 5.76. The largest absolute Gasteiger partial charge is 0.374 e. The number of methoxy groups -OCH3 is 1. The number of ether oxygens (including phenoxy) is 1. The Morgan fingerprint density at radius 2 is 2.08 bits per heavy atom. The lowest BCUT2D eigenvalue weighted by atomic mass is 9.98. The van der Waals surface area contributed by atoms with Gasteiger partial charge >= 0.3 is 0 Å². The smallest absolute Gasteiger partial charge is 0.0905 e. The predicted molar refractivity (Wildman–Crippen MR) is 49.1 cm³/mol. The van der Waals surface area contributed by atoms with Crippen molar-refractivity contribution in [1.82, 2.24) is 0 Å². The van der Waals surface area contributed by atoms with E-state index in [2.05, 4.69) is 31.2 Å². The maximum absolute atomic E-state index is 5.53. The first-order valence-electron chi connectivity index (χ1n) is 4.40. The van der Waals surface area contributed by atoms with Gasteiger partial charge in [-0.25, -0.2) is 0 Å². The molecule has 0 bridgehead atoms. The van der Waals surface area contributed by atoms with Gasteiger partial charge in [0.15, 0.2) is 0 Å². The van der Waals surface area contributed by atoms with Gasteiger partial charge in [0.1, 0.15) is 0 Å². The summed E-state index contributed by atoms with van der Waals surface area (Å²) in [5.41, 5.74) is 2.78. The van der Waals surface area contributed by atoms with E-state index in [4.69, 9.17) is 4.74 Å². The number of rotatable bonds is 1. The fraction of sp³-hybridized carbons (Fsp3) is 0.455. The number of aryl methyl sites for hydroxylation is 1. The van der Waals surface area contributed by atoms with Crippen molar-refractivity contribution in [1.29, 1.82) is 0 Å². The van der Waals surface area contributed by atoms with Crippen molar-refractivity contribution in [2.24, 2.45) is 0 Å². The maximum atomic E-state index is 5.53. The molecule has 1 aromatic carbocycles. The Labute approximate surface area is 73.4 Å². The van der Waals surface area contributed by atoms with Crippen LogP contribution in [-0.4, -0.2) is 7.11 Å². The van der Waals surface area contributed by atoms with Gasteiger partial charge in [-0.2, -0.15) is 0 Å². The summed E-state index contributed by atoms with van der Waals surface area (Å²) in [5, 5.41) is 0. The standard InChI is InChI=1S/C11H14O/c1-11(12-2)8-7-9-5-3-4-6-10(9)11/h3-6H,7-8H2,1-2H3. The molecule has 1 aliphatic carbocycles. The van der Waals surface area contributed by atoms with Gasteiger partial charge in [-0.1, -0.05) is 24.3 Å². The molecule has 12 heavy (non-hydrogen) atoms. The Balaban J connectivity index is 2.49. The third-order valence-electron chi connectivity index (χ3n) is 2.91. The van der Waals surface area contributed by atoms with Crippen LogP contribution in [0.25, 0.3) is 0 Å². The average molecular weight is 162 g/mol. The molecule has 64 valence electrons. The summed E-state index contributed by atoms with van der Waals surface area (Å²) in [5.74, 6) is 0. The minimum absolute atomic E-state index is 0.0312. The van der Waals surface area contributed by atoms with Crippen LogP contribution in [-0.2, 0) is 16.8 Å². The van der Waals surface area contributed by atoms with Crippen LogP contribution in [0.1, 0.15) is 24.5 Å². The molecule has 0 amide bonds. The number of benzene rings is 1. The van der Waals surface area contributed by atoms with Crippen molar-refractivity contribution in [3.05, 3.63) is 35.4 Å². The molecule has 1 nitrogen and oxygen atoms in total. The van der Waals surface area contributed by atoms with E-state index >= 15 is 0 Å². The fourth-order valence-corrected chi connectivity index (χ4v) is 1.97. The molecular formula is C11H14O. The third kappa shape index (κ3) is 0.969. The van der Waals surface area contributed by atoms with E-state index in [1.807, 2.05) is 0 Å². The predicted octanol–water partition coefficient (Wildman–Crippen LogP) is 2.49. The summed E-state index contributed by atoms with van der Waals surface area (Å²) >= 11 is 0. The lowest BCUT2D eigenvalue weighted by Crippen LogP contribution is -2.20. The Bertz CT molecular complexity index is 293. The molecule has 1 heteroatoms. The number of hydrogen-bond donors (Lipinski definition) is 0. The highest BCUT2D eigenvalue weighted by atomic mass is 16.5. The van der Waals surface area contributed by atoms with Crippen molar-refractivity contribution < 1.29 is 4.74 Å². The molecule has 1 aromatic rings. The minimum atomic E-state index is -0.0312. The summed E-state index contributed by atoms with van der Waals surface area (Å²) in [6.45, 7) is 2.17. The van der Waals surface area contributed by atoms with Crippen LogP contribution in [0.4, 0.5) is 0 Å². The molecule has 1 atom stereocenters. The summed E-state index contributed by atoms with van der Waals surface area (Å²) in [6.07, 6.45) is 2.27. The van der Waals surface area contributed by atoms with Crippen molar-refractivity contribution in [3.8, 4) is 0 Å². The molecule has 0 heterocycles. The number of fused-ring (bicyclic) bond motifs is 1. The molecule has 2 rings (SSSR count). The molecule has 0 radical (unpaired) electrons. The molecule has 0 aliphatic heterocycles. The summed E-state index contributed by atoms with van der Waals surface area (Å²) in [4.78, 5) is 0. The van der Waals surface area contributed by atoms with E-state index in [0.717, 1.165) is 12.8 Å². The number of hydrogen-bond acceptors (Lipinski definition) is 1. The highest BCUT2D eigenvalue weighted by Crippen LogP contribution is 2.38. The van der Waals surface area contributed by atoms with Gasteiger partial charge in [-0.15, -0.1) is 0 Å². The SMILES string of the molecule is COC1(C)CCc2ccccc21. The van der Waals surface area contributed by atoms with Gasteiger partial charge in [0, 0.05) is 7.11 Å². The van der Waals surface area contributed by atoms with Crippen LogP contribution in [0.3, 0.4) is 0 Å². The molecule has 0 saturated heterocycles. The van der Waals surface area contributed by atoms with E-state index in [0.29, 0.717) is 0 Å². The zero-order valence-electron chi connectivity index (χ0n) is 7.63. The van der Waals surface area contributed by atoms with Crippen molar-refractivity contribution in [3.63, 3.8) is 0 Å². The van der Waals surface area contributed by atoms with Crippen LogP contribution >= 0.6 is 0 Å². The van der Waals surface area contributed by atoms with E-state index in [1.165, 1.54) is 11.1 Å². The molecule has 0 aromatic heterocycles. The Kier molecular flexibility index (Phi) is 1.69. The van der Waals surface area contributed by atoms with Gasteiger partial charge in [-0.05, 0) is 30.9 Å².